The van der Waals surface area contributed by atoms with Gasteiger partial charge in [-0.1, -0.05) is 0 Å². The summed E-state index contributed by atoms with van der Waals surface area (Å²) < 4.78 is 12.4. The highest BCUT2D eigenvalue weighted by Crippen LogP contribution is 2.32. The van der Waals surface area contributed by atoms with Crippen molar-refractivity contribution < 1.29 is 19.1 Å². The number of anilines is 3. The second-order valence-electron chi connectivity index (χ2n) is 8.40. The molecule has 3 aromatic rings. The molecule has 0 unspecified atom stereocenters. The Labute approximate surface area is 208 Å². The first kappa shape index (κ1) is 24.6. The number of hydrogen-bond acceptors (Lipinski definition) is 9. The highest BCUT2D eigenvalue weighted by molar-refractivity contribution is 6.04. The number of nitrogens with two attached hydrogens (primary N) is 1. The molecule has 0 radical (unpaired) electrons. The number of benzene rings is 1. The Morgan fingerprint density at radius 3 is 2.47 bits per heavy atom. The molecule has 3 N–H and O–H groups in total. The van der Waals surface area contributed by atoms with Gasteiger partial charge in [-0.05, 0) is 12.8 Å². The average Bonchev–Trinajstić information content (AvgIpc) is 3.37. The van der Waals surface area contributed by atoms with Crippen LogP contribution in [0, 0.1) is 11.3 Å². The van der Waals surface area contributed by atoms with Crippen LogP contribution >= 0.6 is 0 Å². The SMILES string of the molecule is COc1cc(Nc2nc(N(C)C3CCN(C(=O)CC#N)CC3)n3ccnc3c2C(N)=O)cc(OC)c1. The lowest BCUT2D eigenvalue weighted by atomic mass is 10.0. The van der Waals surface area contributed by atoms with Crippen LogP contribution in [0.15, 0.2) is 30.6 Å². The summed E-state index contributed by atoms with van der Waals surface area (Å²) in [6.45, 7) is 1.10. The van der Waals surface area contributed by atoms with Gasteiger partial charge in [0.1, 0.15) is 23.5 Å². The molecule has 188 valence electrons. The van der Waals surface area contributed by atoms with E-state index in [2.05, 4.69) is 10.3 Å². The number of hydrogen-bond donors (Lipinski definition) is 2. The van der Waals surface area contributed by atoms with Crippen molar-refractivity contribution >= 4 is 34.9 Å². The number of carbonyl (C=O) groups is 2. The fourth-order valence-electron chi connectivity index (χ4n) is 4.39. The largest absolute Gasteiger partial charge is 0.497 e. The molecule has 36 heavy (non-hydrogen) atoms. The van der Waals surface area contributed by atoms with Crippen LogP contribution in [0.2, 0.25) is 0 Å². The molecule has 1 fully saturated rings. The number of piperidine rings is 1. The van der Waals surface area contributed by atoms with Crippen LogP contribution in [0.4, 0.5) is 17.5 Å². The number of nitrogens with zero attached hydrogens (tertiary/aromatic N) is 6. The third-order valence-corrected chi connectivity index (χ3v) is 6.30. The standard InChI is InChI=1S/C24H28N8O4/c1-30(16-5-9-31(10-6-16)19(33)4-7-25)24-29-22(20(21(26)34)23-27-8-11-32(23)24)28-15-12-17(35-2)14-18(13-15)36-3/h8,11-14,16,28H,4-6,9-10H2,1-3H3,(H2,26,34). The lowest BCUT2D eigenvalue weighted by Crippen LogP contribution is -2.46. The van der Waals surface area contributed by atoms with E-state index in [1.165, 1.54) is 0 Å². The zero-order valence-corrected chi connectivity index (χ0v) is 20.4. The normalized spacial score (nSPS) is 13.8. The zero-order chi connectivity index (χ0) is 25.8. The van der Waals surface area contributed by atoms with Gasteiger partial charge in [0.2, 0.25) is 11.9 Å². The van der Waals surface area contributed by atoms with Gasteiger partial charge in [-0.15, -0.1) is 0 Å². The Bertz CT molecular complexity index is 1300. The van der Waals surface area contributed by atoms with Crippen LogP contribution in [0.3, 0.4) is 0 Å². The zero-order valence-electron chi connectivity index (χ0n) is 20.4. The van der Waals surface area contributed by atoms with Gasteiger partial charge in [0.25, 0.3) is 5.91 Å². The van der Waals surface area contributed by atoms with E-state index in [9.17, 15) is 9.59 Å². The molecular formula is C24H28N8O4. The van der Waals surface area contributed by atoms with Crippen LogP contribution < -0.4 is 25.4 Å². The van der Waals surface area contributed by atoms with Gasteiger partial charge in [-0.3, -0.25) is 14.0 Å². The number of ether oxygens (including phenoxy) is 2. The number of aromatic nitrogens is 3. The molecule has 0 aliphatic carbocycles. The van der Waals surface area contributed by atoms with E-state index in [1.54, 1.807) is 54.1 Å². The summed E-state index contributed by atoms with van der Waals surface area (Å²) in [5.74, 6) is 1.12. The van der Waals surface area contributed by atoms with Crippen LogP contribution in [0.25, 0.3) is 5.65 Å². The van der Waals surface area contributed by atoms with Gasteiger partial charge in [0, 0.05) is 62.5 Å². The Hall–Kier alpha value is -4.53. The first-order valence-electron chi connectivity index (χ1n) is 11.4. The Morgan fingerprint density at radius 1 is 1.22 bits per heavy atom. The van der Waals surface area contributed by atoms with Crippen molar-refractivity contribution in [1.29, 1.82) is 5.26 Å². The molecule has 2 amide bonds. The summed E-state index contributed by atoms with van der Waals surface area (Å²) in [6.07, 6.45) is 4.61. The van der Waals surface area contributed by atoms with Gasteiger partial charge >= 0.3 is 0 Å². The second kappa shape index (κ2) is 10.4. The summed E-state index contributed by atoms with van der Waals surface area (Å²) in [5.41, 5.74) is 6.86. The maximum atomic E-state index is 12.5. The number of fused-ring (bicyclic) bond motifs is 1. The number of amides is 2. The number of nitrogens with one attached hydrogen (secondary N) is 1. The Kier molecular flexibility index (Phi) is 7.10. The van der Waals surface area contributed by atoms with Gasteiger partial charge in [0.05, 0.1) is 20.3 Å². The number of likely N-dealkylation sites (tertiary alicyclic amines) is 1. The lowest BCUT2D eigenvalue weighted by molar-refractivity contribution is -0.131. The van der Waals surface area contributed by atoms with Crippen molar-refractivity contribution in [3.63, 3.8) is 0 Å². The average molecular weight is 493 g/mol. The molecule has 0 saturated carbocycles. The molecule has 1 aliphatic rings. The second-order valence-corrected chi connectivity index (χ2v) is 8.40. The number of nitriles is 1. The number of methoxy groups -OCH3 is 2. The predicted octanol–water partition coefficient (Wildman–Crippen LogP) is 1.93. The number of primary amides is 1. The highest BCUT2D eigenvalue weighted by Gasteiger charge is 2.29. The Morgan fingerprint density at radius 2 is 1.89 bits per heavy atom. The molecule has 1 saturated heterocycles. The number of rotatable bonds is 8. The van der Waals surface area contributed by atoms with Crippen molar-refractivity contribution in [3.05, 3.63) is 36.2 Å². The number of carbonyl (C=O) groups excluding carboxylic acids is 2. The molecule has 3 heterocycles. The third kappa shape index (κ3) is 4.81. The summed E-state index contributed by atoms with van der Waals surface area (Å²) >= 11 is 0. The smallest absolute Gasteiger partial charge is 0.256 e. The van der Waals surface area contributed by atoms with Crippen LogP contribution in [0.5, 0.6) is 11.5 Å². The first-order valence-corrected chi connectivity index (χ1v) is 11.4. The predicted molar refractivity (Wildman–Crippen MR) is 133 cm³/mol. The van der Waals surface area contributed by atoms with Gasteiger partial charge in [-0.25, -0.2) is 4.98 Å². The molecule has 0 atom stereocenters. The van der Waals surface area contributed by atoms with Crippen LogP contribution in [-0.2, 0) is 4.79 Å². The van der Waals surface area contributed by atoms with Crippen molar-refractivity contribution in [2.24, 2.45) is 5.73 Å². The molecule has 12 heteroatoms. The van der Waals surface area contributed by atoms with E-state index in [4.69, 9.17) is 25.5 Å². The van der Waals surface area contributed by atoms with Gasteiger partial charge < -0.3 is 30.3 Å². The summed E-state index contributed by atoms with van der Waals surface area (Å²) in [7, 11) is 5.02. The summed E-state index contributed by atoms with van der Waals surface area (Å²) in [4.78, 5) is 37.5. The first-order chi connectivity index (χ1) is 17.4. The molecule has 1 aromatic carbocycles. The van der Waals surface area contributed by atoms with E-state index in [-0.39, 0.29) is 29.8 Å². The molecular weight excluding hydrogens is 464 g/mol. The highest BCUT2D eigenvalue weighted by atomic mass is 16.5. The summed E-state index contributed by atoms with van der Waals surface area (Å²) in [6, 6.07) is 7.23. The summed E-state index contributed by atoms with van der Waals surface area (Å²) in [5, 5.41) is 12.0. The Balaban J connectivity index is 1.70. The fraction of sp³-hybridized carbons (Fsp3) is 0.375. The molecule has 4 rings (SSSR count). The molecule has 12 nitrogen and oxygen atoms in total. The minimum Gasteiger partial charge on any atom is -0.497 e. The topological polar surface area (TPSA) is 151 Å². The van der Waals surface area contributed by atoms with E-state index in [0.29, 0.717) is 54.7 Å². The monoisotopic (exact) mass is 492 g/mol. The van der Waals surface area contributed by atoms with E-state index >= 15 is 0 Å². The van der Waals surface area contributed by atoms with Crippen molar-refractivity contribution in [3.8, 4) is 17.6 Å². The van der Waals surface area contributed by atoms with E-state index in [1.807, 2.05) is 18.0 Å². The van der Waals surface area contributed by atoms with Gasteiger partial charge in [-0.2, -0.15) is 10.2 Å². The third-order valence-electron chi connectivity index (χ3n) is 6.30. The minimum atomic E-state index is -0.672. The maximum Gasteiger partial charge on any atom is 0.256 e. The molecule has 1 aliphatic heterocycles. The maximum absolute atomic E-state index is 12.5. The number of imidazole rings is 1. The fourth-order valence-corrected chi connectivity index (χ4v) is 4.39. The van der Waals surface area contributed by atoms with Crippen LogP contribution in [0.1, 0.15) is 29.6 Å². The molecule has 2 aromatic heterocycles. The van der Waals surface area contributed by atoms with Gasteiger partial charge in [0.15, 0.2) is 11.5 Å². The minimum absolute atomic E-state index is 0.0819. The van der Waals surface area contributed by atoms with E-state index < -0.39 is 5.91 Å². The molecule has 0 spiro atoms. The lowest BCUT2D eigenvalue weighted by Gasteiger charge is -2.37. The van der Waals surface area contributed by atoms with Crippen LogP contribution in [-0.4, -0.2) is 71.5 Å². The van der Waals surface area contributed by atoms with Crippen molar-refractivity contribution in [2.75, 3.05) is 44.6 Å². The molecule has 0 bridgehead atoms. The quantitative estimate of drug-likeness (QED) is 0.480. The van der Waals surface area contributed by atoms with Crippen molar-refractivity contribution in [1.82, 2.24) is 19.3 Å². The van der Waals surface area contributed by atoms with Crippen molar-refractivity contribution in [2.45, 2.75) is 25.3 Å². The van der Waals surface area contributed by atoms with E-state index in [0.717, 1.165) is 0 Å².